The highest BCUT2D eigenvalue weighted by Gasteiger charge is 2.46. The van der Waals surface area contributed by atoms with E-state index in [4.69, 9.17) is 5.73 Å². The van der Waals surface area contributed by atoms with Gasteiger partial charge in [0.05, 0.1) is 0 Å². The van der Waals surface area contributed by atoms with Gasteiger partial charge in [-0.2, -0.15) is 0 Å². The van der Waals surface area contributed by atoms with Crippen LogP contribution in [-0.2, 0) is 4.79 Å². The van der Waals surface area contributed by atoms with Crippen LogP contribution in [0.5, 0.6) is 0 Å². The highest BCUT2D eigenvalue weighted by molar-refractivity contribution is 6.06. The fourth-order valence-corrected chi connectivity index (χ4v) is 0.962. The minimum Gasteiger partial charge on any atom is -0.350 e. The van der Waals surface area contributed by atoms with Crippen molar-refractivity contribution in [3.05, 3.63) is 0 Å². The molecule has 7 nitrogen and oxygen atoms in total. The number of rotatable bonds is 1. The minimum absolute atomic E-state index is 0.480. The van der Waals surface area contributed by atoms with Gasteiger partial charge in [-0.05, 0) is 13.8 Å². The lowest BCUT2D eigenvalue weighted by Gasteiger charge is -2.26. The number of carbonyl (C=O) groups is 3. The second-order valence-corrected chi connectivity index (χ2v) is 3.13. The standard InChI is InChI=1S/C6H10N4O3/c1-6(2)3(11)8-5(13)10(6)9-4(7)12/h1-2H3,(H3,7,9,12)(H,8,11,13). The Morgan fingerprint density at radius 2 is 2.08 bits per heavy atom. The molecule has 0 radical (unpaired) electrons. The Kier molecular flexibility index (Phi) is 1.87. The summed E-state index contributed by atoms with van der Waals surface area (Å²) in [6.45, 7) is 2.98. The third kappa shape index (κ3) is 1.40. The predicted octanol–water partition coefficient (Wildman–Crippen LogP) is -1.10. The van der Waals surface area contributed by atoms with Crippen LogP contribution in [0.15, 0.2) is 0 Å². The summed E-state index contributed by atoms with van der Waals surface area (Å²) in [6, 6.07) is -1.58. The number of hydrazine groups is 1. The van der Waals surface area contributed by atoms with Gasteiger partial charge in [0.2, 0.25) is 0 Å². The highest BCUT2D eigenvalue weighted by Crippen LogP contribution is 2.17. The van der Waals surface area contributed by atoms with Crippen LogP contribution in [0, 0.1) is 0 Å². The van der Waals surface area contributed by atoms with Crippen LogP contribution < -0.4 is 16.5 Å². The zero-order valence-electron chi connectivity index (χ0n) is 7.25. The fraction of sp³-hybridized carbons (Fsp3) is 0.500. The van der Waals surface area contributed by atoms with E-state index in [1.165, 1.54) is 13.8 Å². The third-order valence-electron chi connectivity index (χ3n) is 1.76. The van der Waals surface area contributed by atoms with E-state index in [1.807, 2.05) is 5.32 Å². The molecule has 13 heavy (non-hydrogen) atoms. The Labute approximate surface area is 74.2 Å². The van der Waals surface area contributed by atoms with E-state index in [0.717, 1.165) is 5.01 Å². The molecule has 7 heteroatoms. The molecule has 1 aliphatic rings. The molecule has 0 aliphatic carbocycles. The van der Waals surface area contributed by atoms with Crippen molar-refractivity contribution in [3.8, 4) is 0 Å². The minimum atomic E-state index is -1.11. The molecular formula is C6H10N4O3. The molecule has 1 fully saturated rings. The largest absolute Gasteiger partial charge is 0.350 e. The molecule has 0 unspecified atom stereocenters. The average Bonchev–Trinajstić information content (AvgIpc) is 2.13. The number of nitrogens with zero attached hydrogens (tertiary/aromatic N) is 1. The Morgan fingerprint density at radius 3 is 2.38 bits per heavy atom. The number of imide groups is 1. The number of nitrogens with one attached hydrogen (secondary N) is 2. The number of nitrogens with two attached hydrogens (primary N) is 1. The summed E-state index contributed by atoms with van der Waals surface area (Å²) in [4.78, 5) is 32.7. The summed E-state index contributed by atoms with van der Waals surface area (Å²) < 4.78 is 0. The van der Waals surface area contributed by atoms with Crippen LogP contribution in [-0.4, -0.2) is 28.5 Å². The summed E-state index contributed by atoms with van der Waals surface area (Å²) in [5.41, 5.74) is 5.76. The lowest BCUT2D eigenvalue weighted by Crippen LogP contribution is -2.55. The van der Waals surface area contributed by atoms with Crippen LogP contribution in [0.2, 0.25) is 0 Å². The van der Waals surface area contributed by atoms with E-state index in [1.54, 1.807) is 0 Å². The summed E-state index contributed by atoms with van der Waals surface area (Å²) in [5.74, 6) is -0.480. The van der Waals surface area contributed by atoms with Crippen molar-refractivity contribution in [1.82, 2.24) is 15.8 Å². The van der Waals surface area contributed by atoms with E-state index >= 15 is 0 Å². The lowest BCUT2D eigenvalue weighted by atomic mass is 10.1. The summed E-state index contributed by atoms with van der Waals surface area (Å²) in [7, 11) is 0. The molecule has 1 heterocycles. The first-order valence-corrected chi connectivity index (χ1v) is 3.57. The predicted molar refractivity (Wildman–Crippen MR) is 42.2 cm³/mol. The molecule has 0 aromatic carbocycles. The number of urea groups is 2. The molecule has 0 aromatic rings. The van der Waals surface area contributed by atoms with E-state index in [9.17, 15) is 14.4 Å². The van der Waals surface area contributed by atoms with Gasteiger partial charge in [0.25, 0.3) is 5.91 Å². The van der Waals surface area contributed by atoms with Gasteiger partial charge >= 0.3 is 12.1 Å². The second-order valence-electron chi connectivity index (χ2n) is 3.13. The van der Waals surface area contributed by atoms with Gasteiger partial charge in [-0.15, -0.1) is 0 Å². The van der Waals surface area contributed by atoms with Crippen molar-refractivity contribution in [1.29, 1.82) is 0 Å². The maximum atomic E-state index is 11.1. The number of amides is 5. The molecule has 1 aliphatic heterocycles. The zero-order valence-corrected chi connectivity index (χ0v) is 7.25. The normalized spacial score (nSPS) is 20.0. The summed E-state index contributed by atoms with van der Waals surface area (Å²) in [5, 5.41) is 2.90. The van der Waals surface area contributed by atoms with Crippen molar-refractivity contribution < 1.29 is 14.4 Å². The summed E-state index contributed by atoms with van der Waals surface area (Å²) >= 11 is 0. The lowest BCUT2D eigenvalue weighted by molar-refractivity contribution is -0.125. The average molecular weight is 186 g/mol. The summed E-state index contributed by atoms with van der Waals surface area (Å²) in [6.07, 6.45) is 0. The van der Waals surface area contributed by atoms with Gasteiger partial charge in [0, 0.05) is 0 Å². The Balaban J connectivity index is 2.88. The molecule has 0 atom stereocenters. The first-order valence-electron chi connectivity index (χ1n) is 3.57. The molecule has 1 saturated heterocycles. The number of primary amides is 1. The Bertz CT molecular complexity index is 286. The highest BCUT2D eigenvalue weighted by atomic mass is 16.2. The smallest absolute Gasteiger partial charge is 0.343 e. The van der Waals surface area contributed by atoms with Gasteiger partial charge in [-0.3, -0.25) is 10.1 Å². The van der Waals surface area contributed by atoms with Crippen LogP contribution in [0.3, 0.4) is 0 Å². The van der Waals surface area contributed by atoms with Crippen molar-refractivity contribution in [2.24, 2.45) is 5.73 Å². The molecule has 0 bridgehead atoms. The van der Waals surface area contributed by atoms with Crippen molar-refractivity contribution in [3.63, 3.8) is 0 Å². The monoisotopic (exact) mass is 186 g/mol. The fourth-order valence-electron chi connectivity index (χ4n) is 0.962. The van der Waals surface area contributed by atoms with E-state index < -0.39 is 23.5 Å². The molecule has 4 N–H and O–H groups in total. The van der Waals surface area contributed by atoms with Crippen molar-refractivity contribution in [2.75, 3.05) is 0 Å². The number of carbonyl (C=O) groups excluding carboxylic acids is 3. The number of hydrogen-bond acceptors (Lipinski definition) is 3. The molecular weight excluding hydrogens is 176 g/mol. The second kappa shape index (κ2) is 2.61. The molecule has 1 rings (SSSR count). The topological polar surface area (TPSA) is 105 Å². The van der Waals surface area contributed by atoms with E-state index in [0.29, 0.717) is 0 Å². The first-order chi connectivity index (χ1) is 5.85. The molecule has 5 amide bonds. The van der Waals surface area contributed by atoms with Crippen LogP contribution in [0.25, 0.3) is 0 Å². The van der Waals surface area contributed by atoms with Crippen LogP contribution >= 0.6 is 0 Å². The van der Waals surface area contributed by atoms with Crippen molar-refractivity contribution >= 4 is 18.0 Å². The first kappa shape index (κ1) is 9.30. The molecule has 72 valence electrons. The van der Waals surface area contributed by atoms with Crippen molar-refractivity contribution in [2.45, 2.75) is 19.4 Å². The number of hydrogen-bond donors (Lipinski definition) is 3. The van der Waals surface area contributed by atoms with Gasteiger partial charge in [-0.1, -0.05) is 0 Å². The quantitative estimate of drug-likeness (QED) is 0.452. The zero-order chi connectivity index (χ0) is 10.2. The SMILES string of the molecule is CC1(C)C(=O)NC(=O)N1NC(N)=O. The van der Waals surface area contributed by atoms with Gasteiger partial charge in [0.1, 0.15) is 5.54 Å². The molecule has 0 spiro atoms. The maximum absolute atomic E-state index is 11.1. The van der Waals surface area contributed by atoms with Gasteiger partial charge in [0.15, 0.2) is 0 Å². The van der Waals surface area contributed by atoms with Gasteiger partial charge < -0.3 is 5.73 Å². The van der Waals surface area contributed by atoms with Crippen LogP contribution in [0.1, 0.15) is 13.8 Å². The maximum Gasteiger partial charge on any atom is 0.343 e. The van der Waals surface area contributed by atoms with Gasteiger partial charge in [-0.25, -0.2) is 20.0 Å². The molecule has 0 saturated carbocycles. The Hall–Kier alpha value is -1.79. The third-order valence-corrected chi connectivity index (χ3v) is 1.76. The molecule has 0 aromatic heterocycles. The van der Waals surface area contributed by atoms with E-state index in [2.05, 4.69) is 5.43 Å². The van der Waals surface area contributed by atoms with Crippen LogP contribution in [0.4, 0.5) is 9.59 Å². The van der Waals surface area contributed by atoms with E-state index in [-0.39, 0.29) is 0 Å². The Morgan fingerprint density at radius 1 is 1.54 bits per heavy atom.